The average Bonchev–Trinajstić information content (AvgIpc) is 2.45. The van der Waals surface area contributed by atoms with Gasteiger partial charge in [-0.15, -0.1) is 0 Å². The van der Waals surface area contributed by atoms with Crippen LogP contribution in [0.2, 0.25) is 0 Å². The zero-order valence-electron chi connectivity index (χ0n) is 10.8. The van der Waals surface area contributed by atoms with E-state index in [4.69, 9.17) is 9.47 Å². The molecule has 0 amide bonds. The second-order valence-electron chi connectivity index (χ2n) is 4.20. The van der Waals surface area contributed by atoms with Crippen LogP contribution >= 0.6 is 0 Å². The zero-order chi connectivity index (χ0) is 13.5. The van der Waals surface area contributed by atoms with E-state index in [2.05, 4.69) is 0 Å². The largest absolute Gasteiger partial charge is 0.485 e. The van der Waals surface area contributed by atoms with E-state index >= 15 is 0 Å². The molecule has 0 saturated heterocycles. The van der Waals surface area contributed by atoms with Crippen LogP contribution in [0.4, 0.5) is 0 Å². The molecule has 3 nitrogen and oxygen atoms in total. The van der Waals surface area contributed by atoms with Crippen LogP contribution in [-0.2, 0) is 11.4 Å². The number of hydrogen-bond acceptors (Lipinski definition) is 3. The quantitative estimate of drug-likeness (QED) is 0.745. The second-order valence-corrected chi connectivity index (χ2v) is 4.20. The Morgan fingerprint density at radius 3 is 2.21 bits per heavy atom. The summed E-state index contributed by atoms with van der Waals surface area (Å²) >= 11 is 0. The van der Waals surface area contributed by atoms with Crippen LogP contribution in [0.5, 0.6) is 11.5 Å². The Hall–Kier alpha value is -2.29. The van der Waals surface area contributed by atoms with Gasteiger partial charge in [0.05, 0.1) is 0 Å². The number of carbonyl (C=O) groups excluding carboxylic acids is 1. The van der Waals surface area contributed by atoms with Gasteiger partial charge in [0.15, 0.2) is 17.8 Å². The van der Waals surface area contributed by atoms with Crippen LogP contribution in [0, 0.1) is 6.92 Å². The van der Waals surface area contributed by atoms with Crippen molar-refractivity contribution in [1.29, 1.82) is 0 Å². The maximum atomic E-state index is 10.3. The monoisotopic (exact) mass is 256 g/mol. The minimum absolute atomic E-state index is 0.0326. The van der Waals surface area contributed by atoms with Gasteiger partial charge in [-0.2, -0.15) is 0 Å². The van der Waals surface area contributed by atoms with Crippen molar-refractivity contribution in [3.63, 3.8) is 0 Å². The van der Waals surface area contributed by atoms with Gasteiger partial charge in [-0.25, -0.2) is 0 Å². The lowest BCUT2D eigenvalue weighted by Gasteiger charge is -2.11. The molecule has 0 bridgehead atoms. The maximum Gasteiger partial charge on any atom is 0.161 e. The molecule has 0 aliphatic heterocycles. The number of hydrogen-bond donors (Lipinski definition) is 0. The van der Waals surface area contributed by atoms with Crippen LogP contribution in [0.3, 0.4) is 0 Å². The highest BCUT2D eigenvalue weighted by molar-refractivity contribution is 5.52. The van der Waals surface area contributed by atoms with E-state index in [1.807, 2.05) is 49.4 Å². The molecule has 0 aromatic heterocycles. The van der Waals surface area contributed by atoms with Crippen LogP contribution in [0.1, 0.15) is 11.1 Å². The molecular formula is C16H16O3. The third-order valence-electron chi connectivity index (χ3n) is 2.67. The lowest BCUT2D eigenvalue weighted by molar-refractivity contribution is -0.109. The van der Waals surface area contributed by atoms with Crippen molar-refractivity contribution >= 4 is 6.29 Å². The Morgan fingerprint density at radius 2 is 1.58 bits per heavy atom. The molecule has 0 N–H and O–H groups in total. The Balaban J connectivity index is 2.02. The number of ether oxygens (including phenoxy) is 2. The standard InChI is InChI=1S/C16H16O3/c1-13-6-8-14(9-7-13)12-19-16-5-3-2-4-15(16)18-11-10-17/h2-10H,11-12H2,1H3. The van der Waals surface area contributed by atoms with E-state index < -0.39 is 0 Å². The van der Waals surface area contributed by atoms with Crippen molar-refractivity contribution < 1.29 is 14.3 Å². The summed E-state index contributed by atoms with van der Waals surface area (Å²) < 4.78 is 11.0. The van der Waals surface area contributed by atoms with Crippen molar-refractivity contribution in [2.24, 2.45) is 0 Å². The number of aldehydes is 1. The lowest BCUT2D eigenvalue weighted by Crippen LogP contribution is -2.01. The van der Waals surface area contributed by atoms with Crippen LogP contribution < -0.4 is 9.47 Å². The summed E-state index contributed by atoms with van der Waals surface area (Å²) in [5, 5.41) is 0. The van der Waals surface area contributed by atoms with Gasteiger partial charge < -0.3 is 9.47 Å². The Morgan fingerprint density at radius 1 is 0.947 bits per heavy atom. The molecule has 0 unspecified atom stereocenters. The highest BCUT2D eigenvalue weighted by Crippen LogP contribution is 2.27. The molecule has 2 aromatic rings. The van der Waals surface area contributed by atoms with Gasteiger partial charge in [-0.05, 0) is 24.6 Å². The lowest BCUT2D eigenvalue weighted by atomic mass is 10.2. The van der Waals surface area contributed by atoms with Gasteiger partial charge in [-0.3, -0.25) is 4.79 Å². The van der Waals surface area contributed by atoms with Gasteiger partial charge in [0.1, 0.15) is 13.2 Å². The molecule has 2 rings (SSSR count). The molecule has 3 heteroatoms. The summed E-state index contributed by atoms with van der Waals surface area (Å²) in [7, 11) is 0. The fourth-order valence-corrected chi connectivity index (χ4v) is 1.66. The minimum Gasteiger partial charge on any atom is -0.485 e. The van der Waals surface area contributed by atoms with E-state index in [0.717, 1.165) is 11.8 Å². The number of para-hydroxylation sites is 2. The summed E-state index contributed by atoms with van der Waals surface area (Å²) in [6.07, 6.45) is 0.719. The fourth-order valence-electron chi connectivity index (χ4n) is 1.66. The van der Waals surface area contributed by atoms with Gasteiger partial charge in [0.25, 0.3) is 0 Å². The molecule has 19 heavy (non-hydrogen) atoms. The third-order valence-corrected chi connectivity index (χ3v) is 2.67. The topological polar surface area (TPSA) is 35.5 Å². The van der Waals surface area contributed by atoms with Crippen molar-refractivity contribution in [1.82, 2.24) is 0 Å². The van der Waals surface area contributed by atoms with Crippen LogP contribution in [-0.4, -0.2) is 12.9 Å². The first-order chi connectivity index (χ1) is 9.29. The predicted octanol–water partition coefficient (Wildman–Crippen LogP) is 3.15. The van der Waals surface area contributed by atoms with E-state index in [1.165, 1.54) is 5.56 Å². The molecule has 0 heterocycles. The molecule has 0 saturated carbocycles. The van der Waals surface area contributed by atoms with Gasteiger partial charge in [0, 0.05) is 0 Å². The van der Waals surface area contributed by atoms with E-state index in [-0.39, 0.29) is 6.61 Å². The summed E-state index contributed by atoms with van der Waals surface area (Å²) in [6.45, 7) is 2.56. The highest BCUT2D eigenvalue weighted by atomic mass is 16.5. The Labute approximate surface area is 112 Å². The maximum absolute atomic E-state index is 10.3. The molecule has 0 radical (unpaired) electrons. The molecule has 0 aliphatic rings. The summed E-state index contributed by atoms with van der Waals surface area (Å²) in [4.78, 5) is 10.3. The molecule has 0 aliphatic carbocycles. The van der Waals surface area contributed by atoms with Gasteiger partial charge in [0.2, 0.25) is 0 Å². The minimum atomic E-state index is 0.0326. The third kappa shape index (κ3) is 3.85. The van der Waals surface area contributed by atoms with Crippen molar-refractivity contribution in [2.45, 2.75) is 13.5 Å². The summed E-state index contributed by atoms with van der Waals surface area (Å²) in [5.74, 6) is 1.23. The second kappa shape index (κ2) is 6.59. The summed E-state index contributed by atoms with van der Waals surface area (Å²) in [6, 6.07) is 15.5. The fraction of sp³-hybridized carbons (Fsp3) is 0.188. The Bertz CT molecular complexity index is 532. The SMILES string of the molecule is Cc1ccc(COc2ccccc2OCC=O)cc1. The molecule has 0 atom stereocenters. The van der Waals surface area contributed by atoms with Gasteiger partial charge in [-0.1, -0.05) is 42.0 Å². The number of rotatable bonds is 6. The average molecular weight is 256 g/mol. The first kappa shape index (κ1) is 13.1. The van der Waals surface area contributed by atoms with E-state index in [9.17, 15) is 4.79 Å². The van der Waals surface area contributed by atoms with E-state index in [0.29, 0.717) is 18.1 Å². The molecule has 98 valence electrons. The smallest absolute Gasteiger partial charge is 0.161 e. The highest BCUT2D eigenvalue weighted by Gasteiger charge is 2.04. The first-order valence-corrected chi connectivity index (χ1v) is 6.13. The number of benzene rings is 2. The van der Waals surface area contributed by atoms with Gasteiger partial charge >= 0.3 is 0 Å². The molecule has 0 spiro atoms. The van der Waals surface area contributed by atoms with Crippen molar-refractivity contribution in [3.8, 4) is 11.5 Å². The number of aryl methyl sites for hydroxylation is 1. The normalized spacial score (nSPS) is 9.95. The van der Waals surface area contributed by atoms with Crippen LogP contribution in [0.15, 0.2) is 48.5 Å². The van der Waals surface area contributed by atoms with Crippen molar-refractivity contribution in [2.75, 3.05) is 6.61 Å². The molecule has 0 fully saturated rings. The van der Waals surface area contributed by atoms with Crippen LogP contribution in [0.25, 0.3) is 0 Å². The number of carbonyl (C=O) groups is 1. The zero-order valence-corrected chi connectivity index (χ0v) is 10.8. The Kier molecular flexibility index (Phi) is 4.56. The van der Waals surface area contributed by atoms with Crippen molar-refractivity contribution in [3.05, 3.63) is 59.7 Å². The first-order valence-electron chi connectivity index (χ1n) is 6.13. The van der Waals surface area contributed by atoms with E-state index in [1.54, 1.807) is 6.07 Å². The molecule has 2 aromatic carbocycles. The predicted molar refractivity (Wildman–Crippen MR) is 73.5 cm³/mol. The summed E-state index contributed by atoms with van der Waals surface area (Å²) in [5.41, 5.74) is 2.31. The molecular weight excluding hydrogens is 240 g/mol.